The van der Waals surface area contributed by atoms with Crippen molar-refractivity contribution in [3.8, 4) is 0 Å². The Labute approximate surface area is 151 Å². The van der Waals surface area contributed by atoms with Crippen molar-refractivity contribution in [2.24, 2.45) is 0 Å². The molecule has 0 aliphatic rings. The van der Waals surface area contributed by atoms with E-state index in [1.807, 2.05) is 24.4 Å². The van der Waals surface area contributed by atoms with E-state index in [0.29, 0.717) is 0 Å². The zero-order chi connectivity index (χ0) is 17.3. The van der Waals surface area contributed by atoms with Gasteiger partial charge in [0.15, 0.2) is 0 Å². The number of aromatic amines is 1. The Morgan fingerprint density at radius 2 is 1.31 bits per heavy atom. The summed E-state index contributed by atoms with van der Waals surface area (Å²) in [6, 6.07) is 31.4. The molecule has 0 bridgehead atoms. The van der Waals surface area contributed by atoms with E-state index < -0.39 is 0 Å². The molecule has 0 aliphatic heterocycles. The van der Waals surface area contributed by atoms with Crippen LogP contribution in [0.25, 0.3) is 21.9 Å². The van der Waals surface area contributed by atoms with Gasteiger partial charge in [-0.2, -0.15) is 0 Å². The summed E-state index contributed by atoms with van der Waals surface area (Å²) in [4.78, 5) is 10.3. The average Bonchev–Trinajstić information content (AvgIpc) is 3.08. The maximum Gasteiger partial charge on any atom is 0.0958 e. The van der Waals surface area contributed by atoms with Crippen LogP contribution in [0.1, 0.15) is 0 Å². The third-order valence-electron chi connectivity index (χ3n) is 4.62. The van der Waals surface area contributed by atoms with Crippen molar-refractivity contribution < 1.29 is 0 Å². The first kappa shape index (κ1) is 14.7. The molecule has 5 aromatic rings. The van der Waals surface area contributed by atoms with Crippen LogP contribution < -0.4 is 4.90 Å². The Kier molecular flexibility index (Phi) is 3.42. The van der Waals surface area contributed by atoms with Crippen LogP contribution in [0, 0.1) is 0 Å². The number of H-pyrrole nitrogens is 1. The summed E-state index contributed by atoms with van der Waals surface area (Å²) in [6.07, 6.45) is 1.84. The van der Waals surface area contributed by atoms with Crippen LogP contribution in [0.2, 0.25) is 0 Å². The van der Waals surface area contributed by atoms with Gasteiger partial charge in [0.25, 0.3) is 0 Å². The van der Waals surface area contributed by atoms with Gasteiger partial charge >= 0.3 is 0 Å². The summed E-state index contributed by atoms with van der Waals surface area (Å²) in [5, 5.41) is 1.13. The van der Waals surface area contributed by atoms with Crippen LogP contribution in [-0.4, -0.2) is 9.97 Å². The summed E-state index contributed by atoms with van der Waals surface area (Å²) in [7, 11) is 0. The predicted molar refractivity (Wildman–Crippen MR) is 108 cm³/mol. The van der Waals surface area contributed by atoms with Crippen molar-refractivity contribution >= 4 is 39.0 Å². The standard InChI is InChI=1S/C23H17N3/c1-3-8-17(9-4-1)26(18-10-5-2-6-11-18)19-13-14-21-20(16-19)23-22(25-21)12-7-15-24-23/h1-16,25H. The van der Waals surface area contributed by atoms with Crippen molar-refractivity contribution in [1.29, 1.82) is 0 Å². The average molecular weight is 335 g/mol. The maximum absolute atomic E-state index is 4.57. The van der Waals surface area contributed by atoms with E-state index in [2.05, 4.69) is 87.7 Å². The van der Waals surface area contributed by atoms with Crippen molar-refractivity contribution in [2.75, 3.05) is 4.90 Å². The van der Waals surface area contributed by atoms with Gasteiger partial charge in [0.2, 0.25) is 0 Å². The van der Waals surface area contributed by atoms with E-state index >= 15 is 0 Å². The van der Waals surface area contributed by atoms with Gasteiger partial charge in [0.05, 0.1) is 11.0 Å². The molecule has 0 saturated carbocycles. The van der Waals surface area contributed by atoms with Crippen LogP contribution in [0.15, 0.2) is 97.2 Å². The number of hydrogen-bond acceptors (Lipinski definition) is 2. The number of fused-ring (bicyclic) bond motifs is 3. The Morgan fingerprint density at radius 1 is 0.615 bits per heavy atom. The molecule has 5 rings (SSSR count). The fourth-order valence-electron chi connectivity index (χ4n) is 3.44. The zero-order valence-electron chi connectivity index (χ0n) is 14.1. The molecule has 0 atom stereocenters. The Hall–Kier alpha value is -3.59. The highest BCUT2D eigenvalue weighted by Crippen LogP contribution is 2.36. The van der Waals surface area contributed by atoms with Crippen LogP contribution in [-0.2, 0) is 0 Å². The minimum absolute atomic E-state index is 1.01. The number of hydrogen-bond donors (Lipinski definition) is 1. The molecular formula is C23H17N3. The fourth-order valence-corrected chi connectivity index (χ4v) is 3.44. The first-order chi connectivity index (χ1) is 12.9. The van der Waals surface area contributed by atoms with E-state index in [9.17, 15) is 0 Å². The highest BCUT2D eigenvalue weighted by atomic mass is 15.1. The minimum Gasteiger partial charge on any atom is -0.353 e. The molecule has 2 aromatic heterocycles. The molecule has 124 valence electrons. The second kappa shape index (κ2) is 6.05. The molecule has 3 aromatic carbocycles. The molecule has 0 unspecified atom stereocenters. The zero-order valence-corrected chi connectivity index (χ0v) is 14.1. The monoisotopic (exact) mass is 335 g/mol. The van der Waals surface area contributed by atoms with E-state index in [-0.39, 0.29) is 0 Å². The third kappa shape index (κ3) is 2.42. The van der Waals surface area contributed by atoms with Gasteiger partial charge in [-0.15, -0.1) is 0 Å². The van der Waals surface area contributed by atoms with Crippen molar-refractivity contribution in [2.45, 2.75) is 0 Å². The van der Waals surface area contributed by atoms with Crippen LogP contribution in [0.5, 0.6) is 0 Å². The first-order valence-corrected chi connectivity index (χ1v) is 8.67. The largest absolute Gasteiger partial charge is 0.353 e. The number of rotatable bonds is 3. The maximum atomic E-state index is 4.57. The van der Waals surface area contributed by atoms with E-state index in [1.54, 1.807) is 0 Å². The van der Waals surface area contributed by atoms with Crippen LogP contribution in [0.3, 0.4) is 0 Å². The molecule has 0 saturated heterocycles. The van der Waals surface area contributed by atoms with Gasteiger partial charge in [-0.25, -0.2) is 0 Å². The Bertz CT molecular complexity index is 1140. The van der Waals surface area contributed by atoms with Crippen LogP contribution in [0.4, 0.5) is 17.1 Å². The number of nitrogens with zero attached hydrogens (tertiary/aromatic N) is 2. The quantitative estimate of drug-likeness (QED) is 0.426. The Morgan fingerprint density at radius 3 is 2.00 bits per heavy atom. The molecule has 26 heavy (non-hydrogen) atoms. The predicted octanol–water partition coefficient (Wildman–Crippen LogP) is 6.19. The number of benzene rings is 3. The van der Waals surface area contributed by atoms with Gasteiger partial charge in [-0.05, 0) is 54.6 Å². The molecule has 0 spiro atoms. The van der Waals surface area contributed by atoms with Crippen molar-refractivity contribution in [1.82, 2.24) is 9.97 Å². The summed E-state index contributed by atoms with van der Waals surface area (Å²) in [6.45, 7) is 0. The number of anilines is 3. The summed E-state index contributed by atoms with van der Waals surface area (Å²) in [5.74, 6) is 0. The fraction of sp³-hybridized carbons (Fsp3) is 0. The second-order valence-electron chi connectivity index (χ2n) is 6.26. The SMILES string of the molecule is c1ccc(N(c2ccccc2)c2ccc3[nH]c4cccnc4c3c2)cc1. The second-order valence-corrected chi connectivity index (χ2v) is 6.26. The molecule has 0 radical (unpaired) electrons. The lowest BCUT2D eigenvalue weighted by atomic mass is 10.1. The normalized spacial score (nSPS) is 11.1. The highest BCUT2D eigenvalue weighted by Gasteiger charge is 2.14. The number of aromatic nitrogens is 2. The van der Waals surface area contributed by atoms with Gasteiger partial charge in [0.1, 0.15) is 0 Å². The minimum atomic E-state index is 1.01. The number of pyridine rings is 1. The van der Waals surface area contributed by atoms with E-state index in [0.717, 1.165) is 39.0 Å². The molecule has 1 N–H and O–H groups in total. The number of nitrogens with one attached hydrogen (secondary N) is 1. The lowest BCUT2D eigenvalue weighted by Crippen LogP contribution is -2.09. The molecule has 3 nitrogen and oxygen atoms in total. The highest BCUT2D eigenvalue weighted by molar-refractivity contribution is 6.06. The van der Waals surface area contributed by atoms with Crippen molar-refractivity contribution in [3.63, 3.8) is 0 Å². The molecule has 3 heteroatoms. The van der Waals surface area contributed by atoms with Gasteiger partial charge in [-0.1, -0.05) is 36.4 Å². The summed E-state index contributed by atoms with van der Waals surface area (Å²) in [5.41, 5.74) is 6.54. The first-order valence-electron chi connectivity index (χ1n) is 8.67. The summed E-state index contributed by atoms with van der Waals surface area (Å²) >= 11 is 0. The van der Waals surface area contributed by atoms with Crippen molar-refractivity contribution in [3.05, 3.63) is 97.2 Å². The third-order valence-corrected chi connectivity index (χ3v) is 4.62. The van der Waals surface area contributed by atoms with Gasteiger partial charge < -0.3 is 9.88 Å². The van der Waals surface area contributed by atoms with E-state index in [4.69, 9.17) is 0 Å². The molecule has 0 fully saturated rings. The topological polar surface area (TPSA) is 31.9 Å². The van der Waals surface area contributed by atoms with E-state index in [1.165, 1.54) is 0 Å². The van der Waals surface area contributed by atoms with Gasteiger partial charge in [-0.3, -0.25) is 4.98 Å². The summed E-state index contributed by atoms with van der Waals surface area (Å²) < 4.78 is 0. The molecular weight excluding hydrogens is 318 g/mol. The van der Waals surface area contributed by atoms with Gasteiger partial charge in [0, 0.05) is 34.2 Å². The Balaban J connectivity index is 1.75. The molecule has 2 heterocycles. The molecule has 0 aliphatic carbocycles. The van der Waals surface area contributed by atoms with Crippen LogP contribution >= 0.6 is 0 Å². The smallest absolute Gasteiger partial charge is 0.0958 e. The number of para-hydroxylation sites is 2. The lowest BCUT2D eigenvalue weighted by molar-refractivity contribution is 1.29. The molecule has 0 amide bonds. The lowest BCUT2D eigenvalue weighted by Gasteiger charge is -2.25.